The maximum Gasteiger partial charge on any atom is 0.125 e. The molecule has 0 saturated carbocycles. The molecule has 104 valence electrons. The number of aliphatic hydroxyl groups excluding tert-OH is 1. The summed E-state index contributed by atoms with van der Waals surface area (Å²) >= 11 is 0. The van der Waals surface area contributed by atoms with Gasteiger partial charge < -0.3 is 10.0 Å². The molecule has 1 aliphatic rings. The van der Waals surface area contributed by atoms with Crippen LogP contribution in [-0.4, -0.2) is 11.7 Å². The van der Waals surface area contributed by atoms with Crippen molar-refractivity contribution >= 4 is 11.4 Å². The monoisotopic (exact) mass is 275 g/mol. The molecule has 0 spiro atoms. The predicted molar refractivity (Wildman–Crippen MR) is 74.1 cm³/mol. The van der Waals surface area contributed by atoms with Gasteiger partial charge in [-0.25, -0.2) is 8.78 Å². The molecule has 20 heavy (non-hydrogen) atoms. The number of hydrogen-bond acceptors (Lipinski definition) is 2. The summed E-state index contributed by atoms with van der Waals surface area (Å²) in [6, 6.07) is 9.03. The molecule has 1 aliphatic heterocycles. The molecule has 0 aliphatic carbocycles. The highest BCUT2D eigenvalue weighted by Crippen LogP contribution is 2.38. The van der Waals surface area contributed by atoms with Crippen LogP contribution in [0.3, 0.4) is 0 Å². The van der Waals surface area contributed by atoms with Crippen LogP contribution in [0.5, 0.6) is 0 Å². The van der Waals surface area contributed by atoms with Crippen molar-refractivity contribution in [1.82, 2.24) is 0 Å². The second-order valence-electron chi connectivity index (χ2n) is 5.05. The molecular formula is C16H15F2NO. The topological polar surface area (TPSA) is 23.5 Å². The summed E-state index contributed by atoms with van der Waals surface area (Å²) in [4.78, 5) is 1.93. The highest BCUT2D eigenvalue weighted by molar-refractivity contribution is 5.72. The molecule has 0 saturated heterocycles. The first-order valence-electron chi connectivity index (χ1n) is 6.60. The Balaban J connectivity index is 2.10. The number of fused-ring (bicyclic) bond motifs is 1. The van der Waals surface area contributed by atoms with E-state index in [2.05, 4.69) is 0 Å². The molecule has 4 heteroatoms. The Morgan fingerprint density at radius 3 is 2.50 bits per heavy atom. The number of hydrogen-bond donors (Lipinski definition) is 1. The zero-order valence-electron chi connectivity index (χ0n) is 11.1. The molecule has 0 unspecified atom stereocenters. The fourth-order valence-electron chi connectivity index (χ4n) is 2.71. The van der Waals surface area contributed by atoms with Gasteiger partial charge in [-0.05, 0) is 49.2 Å². The van der Waals surface area contributed by atoms with Gasteiger partial charge in [-0.1, -0.05) is 6.07 Å². The lowest BCUT2D eigenvalue weighted by molar-refractivity contribution is 0.199. The fourth-order valence-corrected chi connectivity index (χ4v) is 2.71. The Morgan fingerprint density at radius 1 is 1.05 bits per heavy atom. The summed E-state index contributed by atoms with van der Waals surface area (Å²) in [6.45, 7) is 2.30. The standard InChI is InChI=1S/C16H15F2NO/c1-10(20)14-8-12(17)4-5-15(14)19-7-6-11-2-3-13(18)9-16(11)19/h2-5,8-10,20H,6-7H2,1H3/t10-/m1/s1. The lowest BCUT2D eigenvalue weighted by Crippen LogP contribution is -2.16. The molecule has 1 heterocycles. The van der Waals surface area contributed by atoms with Gasteiger partial charge in [0.2, 0.25) is 0 Å². The van der Waals surface area contributed by atoms with Crippen LogP contribution >= 0.6 is 0 Å². The molecule has 0 fully saturated rings. The summed E-state index contributed by atoms with van der Waals surface area (Å²) in [6.07, 6.45) is 0.0324. The molecule has 2 aromatic rings. The minimum atomic E-state index is -0.779. The molecule has 0 amide bonds. The SMILES string of the molecule is C[C@@H](O)c1cc(F)ccc1N1CCc2ccc(F)cc21. The highest BCUT2D eigenvalue weighted by Gasteiger charge is 2.24. The van der Waals surface area contributed by atoms with Crippen LogP contribution < -0.4 is 4.90 Å². The molecule has 1 N–H and O–H groups in total. The van der Waals surface area contributed by atoms with Crippen LogP contribution in [0.15, 0.2) is 36.4 Å². The summed E-state index contributed by atoms with van der Waals surface area (Å²) < 4.78 is 26.8. The molecule has 2 aromatic carbocycles. The maximum atomic E-state index is 13.4. The van der Waals surface area contributed by atoms with Crippen LogP contribution in [0, 0.1) is 11.6 Å². The number of benzene rings is 2. The quantitative estimate of drug-likeness (QED) is 0.903. The van der Waals surface area contributed by atoms with Crippen molar-refractivity contribution in [3.63, 3.8) is 0 Å². The summed E-state index contributed by atoms with van der Waals surface area (Å²) in [5.74, 6) is -0.681. The largest absolute Gasteiger partial charge is 0.389 e. The van der Waals surface area contributed by atoms with E-state index in [4.69, 9.17) is 0 Å². The zero-order valence-corrected chi connectivity index (χ0v) is 11.1. The van der Waals surface area contributed by atoms with Gasteiger partial charge in [0.1, 0.15) is 11.6 Å². The Bertz CT molecular complexity index is 655. The number of rotatable bonds is 2. The van der Waals surface area contributed by atoms with E-state index in [9.17, 15) is 13.9 Å². The van der Waals surface area contributed by atoms with Crippen molar-refractivity contribution in [2.24, 2.45) is 0 Å². The Kier molecular flexibility index (Phi) is 3.18. The van der Waals surface area contributed by atoms with Gasteiger partial charge in [0, 0.05) is 23.5 Å². The van der Waals surface area contributed by atoms with E-state index >= 15 is 0 Å². The Morgan fingerprint density at radius 2 is 1.75 bits per heavy atom. The minimum Gasteiger partial charge on any atom is -0.389 e. The predicted octanol–water partition coefficient (Wildman–Crippen LogP) is 3.71. The van der Waals surface area contributed by atoms with Crippen molar-refractivity contribution < 1.29 is 13.9 Å². The third-order valence-corrected chi connectivity index (χ3v) is 3.67. The lowest BCUT2D eigenvalue weighted by Gasteiger charge is -2.24. The number of nitrogens with zero attached hydrogens (tertiary/aromatic N) is 1. The van der Waals surface area contributed by atoms with Crippen LogP contribution in [0.2, 0.25) is 0 Å². The number of anilines is 2. The molecule has 0 aromatic heterocycles. The fraction of sp³-hybridized carbons (Fsp3) is 0.250. The second kappa shape index (κ2) is 4.87. The average Bonchev–Trinajstić information content (AvgIpc) is 2.81. The molecule has 0 radical (unpaired) electrons. The van der Waals surface area contributed by atoms with Crippen LogP contribution in [-0.2, 0) is 6.42 Å². The third-order valence-electron chi connectivity index (χ3n) is 3.67. The van der Waals surface area contributed by atoms with Gasteiger partial charge >= 0.3 is 0 Å². The van der Waals surface area contributed by atoms with E-state index in [1.807, 2.05) is 4.90 Å². The first kappa shape index (κ1) is 13.1. The average molecular weight is 275 g/mol. The Hall–Kier alpha value is -1.94. The van der Waals surface area contributed by atoms with Crippen LogP contribution in [0.4, 0.5) is 20.2 Å². The first-order valence-corrected chi connectivity index (χ1v) is 6.60. The summed E-state index contributed by atoms with van der Waals surface area (Å²) in [7, 11) is 0. The number of halogens is 2. The van der Waals surface area contributed by atoms with Crippen LogP contribution in [0.25, 0.3) is 0 Å². The Labute approximate surface area is 116 Å². The molecule has 3 rings (SSSR count). The first-order chi connectivity index (χ1) is 9.56. The van der Waals surface area contributed by atoms with Crippen molar-refractivity contribution in [1.29, 1.82) is 0 Å². The smallest absolute Gasteiger partial charge is 0.125 e. The van der Waals surface area contributed by atoms with E-state index in [1.165, 1.54) is 24.3 Å². The van der Waals surface area contributed by atoms with Gasteiger partial charge in [-0.3, -0.25) is 0 Å². The van der Waals surface area contributed by atoms with E-state index in [0.717, 1.165) is 23.4 Å². The van der Waals surface area contributed by atoms with Gasteiger partial charge in [-0.15, -0.1) is 0 Å². The third kappa shape index (κ3) is 2.16. The second-order valence-corrected chi connectivity index (χ2v) is 5.05. The van der Waals surface area contributed by atoms with Crippen molar-refractivity contribution in [3.05, 3.63) is 59.2 Å². The maximum absolute atomic E-state index is 13.4. The van der Waals surface area contributed by atoms with Crippen molar-refractivity contribution in [2.75, 3.05) is 11.4 Å². The van der Waals surface area contributed by atoms with Gasteiger partial charge in [-0.2, -0.15) is 0 Å². The zero-order chi connectivity index (χ0) is 14.3. The van der Waals surface area contributed by atoms with E-state index < -0.39 is 6.10 Å². The van der Waals surface area contributed by atoms with E-state index in [1.54, 1.807) is 19.1 Å². The molecule has 2 nitrogen and oxygen atoms in total. The van der Waals surface area contributed by atoms with Gasteiger partial charge in [0.15, 0.2) is 0 Å². The highest BCUT2D eigenvalue weighted by atomic mass is 19.1. The summed E-state index contributed by atoms with van der Waals surface area (Å²) in [5.41, 5.74) is 3.10. The lowest BCUT2D eigenvalue weighted by atomic mass is 10.1. The normalized spacial score (nSPS) is 15.3. The van der Waals surface area contributed by atoms with Crippen LogP contribution in [0.1, 0.15) is 24.2 Å². The van der Waals surface area contributed by atoms with Crippen molar-refractivity contribution in [2.45, 2.75) is 19.4 Å². The van der Waals surface area contributed by atoms with Gasteiger partial charge in [0.25, 0.3) is 0 Å². The molecule has 0 bridgehead atoms. The molecule has 1 atom stereocenters. The summed E-state index contributed by atoms with van der Waals surface area (Å²) in [5, 5.41) is 9.82. The minimum absolute atomic E-state index is 0.295. The van der Waals surface area contributed by atoms with E-state index in [0.29, 0.717) is 12.1 Å². The molecular weight excluding hydrogens is 260 g/mol. The van der Waals surface area contributed by atoms with Gasteiger partial charge in [0.05, 0.1) is 6.10 Å². The van der Waals surface area contributed by atoms with E-state index in [-0.39, 0.29) is 11.6 Å². The van der Waals surface area contributed by atoms with Crippen molar-refractivity contribution in [3.8, 4) is 0 Å². The number of aliphatic hydroxyl groups is 1.